The van der Waals surface area contributed by atoms with Crippen molar-refractivity contribution in [3.8, 4) is 0 Å². The minimum Gasteiger partial charge on any atom is -0.462 e. The summed E-state index contributed by atoms with van der Waals surface area (Å²) in [6.07, 6.45) is 73.8. The fraction of sp³-hybridized carbons (Fsp3) is 0.661. The largest absolute Gasteiger partial charge is 0.462 e. The molecule has 0 fully saturated rings. The van der Waals surface area contributed by atoms with E-state index in [4.69, 9.17) is 14.2 Å². The summed E-state index contributed by atoms with van der Waals surface area (Å²) in [4.78, 5) is 25.4. The van der Waals surface area contributed by atoms with Crippen molar-refractivity contribution in [2.75, 3.05) is 19.8 Å². The lowest BCUT2D eigenvalue weighted by Gasteiger charge is -2.18. The zero-order valence-electron chi connectivity index (χ0n) is 41.8. The van der Waals surface area contributed by atoms with E-state index < -0.39 is 6.10 Å². The van der Waals surface area contributed by atoms with Crippen LogP contribution in [0.1, 0.15) is 226 Å². The molecule has 0 saturated heterocycles. The molecule has 0 aliphatic heterocycles. The molecule has 0 saturated carbocycles. The number of unbranched alkanes of at least 4 members (excludes halogenated alkanes) is 18. The van der Waals surface area contributed by atoms with Crippen LogP contribution < -0.4 is 0 Å². The first-order valence-electron chi connectivity index (χ1n) is 26.4. The average molecular weight is 887 g/mol. The van der Waals surface area contributed by atoms with Crippen molar-refractivity contribution in [1.82, 2.24) is 0 Å². The third-order valence-electron chi connectivity index (χ3n) is 10.8. The zero-order valence-corrected chi connectivity index (χ0v) is 41.8. The van der Waals surface area contributed by atoms with E-state index in [9.17, 15) is 9.59 Å². The predicted octanol–water partition coefficient (Wildman–Crippen LogP) is 18.0. The third-order valence-corrected chi connectivity index (χ3v) is 10.8. The van der Waals surface area contributed by atoms with Crippen LogP contribution >= 0.6 is 0 Å². The summed E-state index contributed by atoms with van der Waals surface area (Å²) in [6, 6.07) is 0. The minimum atomic E-state index is -0.565. The second kappa shape index (κ2) is 53.9. The molecule has 0 aliphatic carbocycles. The summed E-state index contributed by atoms with van der Waals surface area (Å²) >= 11 is 0. The smallest absolute Gasteiger partial charge is 0.306 e. The number of rotatable bonds is 47. The van der Waals surface area contributed by atoms with E-state index in [0.29, 0.717) is 19.4 Å². The Morgan fingerprint density at radius 2 is 0.703 bits per heavy atom. The Bertz CT molecular complexity index is 1280. The van der Waals surface area contributed by atoms with Gasteiger partial charge in [0.15, 0.2) is 6.10 Å². The molecule has 1 unspecified atom stereocenters. The molecule has 0 aromatic heterocycles. The number of hydrogen-bond donors (Lipinski definition) is 0. The second-order valence-electron chi connectivity index (χ2n) is 17.0. The quantitative estimate of drug-likeness (QED) is 0.0346. The molecule has 1 atom stereocenters. The van der Waals surface area contributed by atoms with Crippen LogP contribution in [0.4, 0.5) is 0 Å². The van der Waals surface area contributed by atoms with Gasteiger partial charge in [-0.25, -0.2) is 0 Å². The fourth-order valence-electron chi connectivity index (χ4n) is 6.88. The van der Waals surface area contributed by atoms with E-state index in [1.54, 1.807) is 0 Å². The van der Waals surface area contributed by atoms with Crippen LogP contribution in [0.2, 0.25) is 0 Å². The Balaban J connectivity index is 4.35. The molecule has 64 heavy (non-hydrogen) atoms. The highest BCUT2D eigenvalue weighted by molar-refractivity contribution is 5.70. The van der Waals surface area contributed by atoms with Crippen molar-refractivity contribution < 1.29 is 23.8 Å². The molecule has 0 rings (SSSR count). The predicted molar refractivity (Wildman–Crippen MR) is 279 cm³/mol. The maximum atomic E-state index is 12.8. The summed E-state index contributed by atoms with van der Waals surface area (Å²) in [5.41, 5.74) is 0. The van der Waals surface area contributed by atoms with Crippen LogP contribution in [-0.4, -0.2) is 37.9 Å². The fourth-order valence-corrected chi connectivity index (χ4v) is 6.88. The highest BCUT2D eigenvalue weighted by Crippen LogP contribution is 2.13. The van der Waals surface area contributed by atoms with E-state index in [1.165, 1.54) is 77.0 Å². The molecule has 0 spiro atoms. The maximum absolute atomic E-state index is 12.8. The van der Waals surface area contributed by atoms with Crippen molar-refractivity contribution in [1.29, 1.82) is 0 Å². The van der Waals surface area contributed by atoms with Crippen molar-refractivity contribution >= 4 is 11.9 Å². The van der Waals surface area contributed by atoms with Gasteiger partial charge in [-0.15, -0.1) is 0 Å². The molecule has 5 heteroatoms. The van der Waals surface area contributed by atoms with Crippen LogP contribution in [-0.2, 0) is 23.8 Å². The van der Waals surface area contributed by atoms with Crippen LogP contribution in [0.3, 0.4) is 0 Å². The lowest BCUT2D eigenvalue weighted by molar-refractivity contribution is -0.163. The van der Waals surface area contributed by atoms with Gasteiger partial charge in [0.05, 0.1) is 6.61 Å². The molecule has 0 aromatic rings. The van der Waals surface area contributed by atoms with Gasteiger partial charge < -0.3 is 14.2 Å². The molecular formula is C59H98O5. The molecule has 0 heterocycles. The topological polar surface area (TPSA) is 61.8 Å². The van der Waals surface area contributed by atoms with Gasteiger partial charge in [-0.2, -0.15) is 0 Å². The summed E-state index contributed by atoms with van der Waals surface area (Å²) in [7, 11) is 0. The Kier molecular flexibility index (Phi) is 51.0. The molecule has 0 aromatic carbocycles. The van der Waals surface area contributed by atoms with Gasteiger partial charge in [-0.05, 0) is 116 Å². The average Bonchev–Trinajstić information content (AvgIpc) is 3.30. The maximum Gasteiger partial charge on any atom is 0.306 e. The monoisotopic (exact) mass is 887 g/mol. The number of carbonyl (C=O) groups excluding carboxylic acids is 2. The first-order valence-corrected chi connectivity index (χ1v) is 26.4. The number of ether oxygens (including phenoxy) is 3. The minimum absolute atomic E-state index is 0.0556. The van der Waals surface area contributed by atoms with Crippen LogP contribution in [0, 0.1) is 0 Å². The molecule has 0 amide bonds. The van der Waals surface area contributed by atoms with E-state index in [2.05, 4.69) is 130 Å². The molecule has 0 N–H and O–H groups in total. The van der Waals surface area contributed by atoms with E-state index in [-0.39, 0.29) is 25.2 Å². The first kappa shape index (κ1) is 60.6. The number of esters is 2. The standard InChI is InChI=1S/C59H98O5/c1-4-7-10-13-16-19-22-25-27-29-30-32-33-35-37-40-43-46-49-52-58(60)63-56-57(55-62-54-51-48-45-42-39-24-21-18-15-12-9-6-3)64-59(61)53-50-47-44-41-38-36-34-31-28-26-23-20-17-14-11-8-5-2/h7-8,10-11,15-20,25-28,30,32,35,37,57H,4-6,9,12-14,21-24,29,31,33-34,36,38-56H2,1-3H3/b10-7-,11-8-,18-15-,19-16-,20-17-,27-25-,28-26-,32-30-,37-35-. The Morgan fingerprint density at radius 3 is 1.16 bits per heavy atom. The highest BCUT2D eigenvalue weighted by Gasteiger charge is 2.17. The highest BCUT2D eigenvalue weighted by atomic mass is 16.6. The van der Waals surface area contributed by atoms with Crippen LogP contribution in [0.5, 0.6) is 0 Å². The van der Waals surface area contributed by atoms with Gasteiger partial charge in [0.25, 0.3) is 0 Å². The van der Waals surface area contributed by atoms with E-state index in [1.807, 2.05) is 0 Å². The number of carbonyl (C=O) groups is 2. The normalized spacial score (nSPS) is 13.1. The van der Waals surface area contributed by atoms with Crippen LogP contribution in [0.15, 0.2) is 109 Å². The molecule has 0 radical (unpaired) electrons. The number of hydrogen-bond acceptors (Lipinski definition) is 5. The van der Waals surface area contributed by atoms with Gasteiger partial charge in [-0.1, -0.05) is 207 Å². The summed E-state index contributed by atoms with van der Waals surface area (Å²) < 4.78 is 17.4. The van der Waals surface area contributed by atoms with Gasteiger partial charge in [0.1, 0.15) is 6.61 Å². The van der Waals surface area contributed by atoms with Crippen molar-refractivity contribution in [2.45, 2.75) is 232 Å². The van der Waals surface area contributed by atoms with Crippen molar-refractivity contribution in [3.05, 3.63) is 109 Å². The molecule has 0 bridgehead atoms. The van der Waals surface area contributed by atoms with E-state index in [0.717, 1.165) is 116 Å². The number of allylic oxidation sites excluding steroid dienone is 18. The Labute approximate surface area is 395 Å². The van der Waals surface area contributed by atoms with Gasteiger partial charge in [-0.3, -0.25) is 9.59 Å². The molecule has 0 aliphatic rings. The molecule has 364 valence electrons. The van der Waals surface area contributed by atoms with Crippen molar-refractivity contribution in [3.63, 3.8) is 0 Å². The summed E-state index contributed by atoms with van der Waals surface area (Å²) in [5.74, 6) is -0.453. The summed E-state index contributed by atoms with van der Waals surface area (Å²) in [5, 5.41) is 0. The molecule has 5 nitrogen and oxygen atoms in total. The van der Waals surface area contributed by atoms with E-state index >= 15 is 0 Å². The first-order chi connectivity index (χ1) is 31.6. The Hall–Kier alpha value is -3.44. The van der Waals surface area contributed by atoms with Gasteiger partial charge in [0.2, 0.25) is 0 Å². The second-order valence-corrected chi connectivity index (χ2v) is 17.0. The van der Waals surface area contributed by atoms with Gasteiger partial charge in [0, 0.05) is 19.4 Å². The van der Waals surface area contributed by atoms with Gasteiger partial charge >= 0.3 is 11.9 Å². The van der Waals surface area contributed by atoms with Crippen molar-refractivity contribution in [2.24, 2.45) is 0 Å². The Morgan fingerprint density at radius 1 is 0.359 bits per heavy atom. The molecular weight excluding hydrogens is 789 g/mol. The summed E-state index contributed by atoms with van der Waals surface area (Å²) in [6.45, 7) is 7.51. The lowest BCUT2D eigenvalue weighted by Crippen LogP contribution is -2.30. The SMILES string of the molecule is CC/C=C\C/C=C\C/C=C\C/C=C\C/C=C\CCCCCC(=O)OCC(COCCCCCCCC/C=C\CCCC)OC(=O)CCCCCCCCC/C=C\C/C=C\C/C=C\CC. The zero-order chi connectivity index (χ0) is 46.3. The van der Waals surface area contributed by atoms with Crippen LogP contribution in [0.25, 0.3) is 0 Å². The third kappa shape index (κ3) is 51.2. The lowest BCUT2D eigenvalue weighted by atomic mass is 10.1.